The fraction of sp³-hybridized carbons (Fsp3) is 0.462. The van der Waals surface area contributed by atoms with Gasteiger partial charge in [0.05, 0.1) is 0 Å². The number of unbranched alkanes of at least 4 members (excludes halogenated alkanes) is 16. The summed E-state index contributed by atoms with van der Waals surface area (Å²) in [7, 11) is -4.37. The second kappa shape index (κ2) is 22.7. The Morgan fingerprint density at radius 3 is 1.28 bits per heavy atom. The Labute approximate surface area is 347 Å². The van der Waals surface area contributed by atoms with Crippen LogP contribution in [-0.4, -0.2) is 14.6 Å². The summed E-state index contributed by atoms with van der Waals surface area (Å²) in [5.41, 5.74) is 2.15. The van der Waals surface area contributed by atoms with Crippen LogP contribution in [0.1, 0.15) is 147 Å². The van der Waals surface area contributed by atoms with Gasteiger partial charge in [0.25, 0.3) is 0 Å². The fourth-order valence-corrected chi connectivity index (χ4v) is 18.0. The molecule has 3 nitrogen and oxygen atoms in total. The molecular weight excluding hydrogens is 736 g/mol. The molecular formula is C52H71O3PS. The van der Waals surface area contributed by atoms with Gasteiger partial charge >= 0.3 is 303 Å². The summed E-state index contributed by atoms with van der Waals surface area (Å²) in [6.07, 6.45) is 24.5. The van der Waals surface area contributed by atoms with Crippen LogP contribution in [0.4, 0.5) is 0 Å². The summed E-state index contributed by atoms with van der Waals surface area (Å²) in [6.45, 7) is 2.52. The monoisotopic (exact) mass is 806 g/mol. The van der Waals surface area contributed by atoms with Crippen molar-refractivity contribution < 1.29 is 12.4 Å². The van der Waals surface area contributed by atoms with Crippen LogP contribution in [0.15, 0.2) is 126 Å². The van der Waals surface area contributed by atoms with Crippen molar-refractivity contribution in [3.8, 4) is 0 Å². The van der Waals surface area contributed by atoms with Gasteiger partial charge in [0.2, 0.25) is 0 Å². The van der Waals surface area contributed by atoms with Crippen LogP contribution >= 0.6 is 6.83 Å². The predicted octanol–water partition coefficient (Wildman–Crippen LogP) is 14.2. The summed E-state index contributed by atoms with van der Waals surface area (Å²) < 4.78 is 39.2. The van der Waals surface area contributed by atoms with Gasteiger partial charge in [-0.15, -0.1) is 0 Å². The normalized spacial score (nSPS) is 12.8. The zero-order chi connectivity index (χ0) is 40.3. The first kappa shape index (κ1) is 44.8. The van der Waals surface area contributed by atoms with Crippen LogP contribution in [0, 0.1) is 0 Å². The van der Waals surface area contributed by atoms with Crippen LogP contribution in [0.25, 0.3) is 10.8 Å². The van der Waals surface area contributed by atoms with Crippen molar-refractivity contribution in [1.29, 1.82) is 0 Å². The summed E-state index contributed by atoms with van der Waals surface area (Å²) in [4.78, 5) is 0.385. The van der Waals surface area contributed by atoms with Crippen LogP contribution in [0.5, 0.6) is 0 Å². The first-order valence-electron chi connectivity index (χ1n) is 22.6. The molecule has 0 amide bonds. The number of hydrogen-bond donors (Lipinski definition) is 0. The van der Waals surface area contributed by atoms with Gasteiger partial charge in [-0.2, -0.15) is 0 Å². The molecule has 0 heterocycles. The van der Waals surface area contributed by atoms with E-state index in [2.05, 4.69) is 69.3 Å². The van der Waals surface area contributed by atoms with Crippen molar-refractivity contribution >= 4 is 43.6 Å². The minimum atomic E-state index is -4.37. The molecule has 0 spiro atoms. The average Bonchev–Trinajstić information content (AvgIpc) is 3.25. The predicted molar refractivity (Wildman–Crippen MR) is 250 cm³/mol. The van der Waals surface area contributed by atoms with E-state index in [9.17, 15) is 0 Å². The average molecular weight is 807 g/mol. The molecule has 0 aromatic heterocycles. The molecule has 5 rings (SSSR count). The standard InChI is InChI=1S/C52H71O3PS/c1-4-7-9-11-13-15-17-19-24-34-45-44-46-35-32-33-43-51(46)52(50(45)42-31-20-18-16-14-12-10-8-5-2)57(53,54)55-56(6-3,47-36-25-21-26-37-47,48-38-27-22-28-39-48)49-40-29-23-30-41-49/h21-23,25-30,32-33,35-41,43-44H,4-20,24,31,34,42H2,1-3H3. The van der Waals surface area contributed by atoms with E-state index in [0.717, 1.165) is 64.4 Å². The molecule has 5 heteroatoms. The van der Waals surface area contributed by atoms with Gasteiger partial charge in [-0.3, -0.25) is 0 Å². The number of benzene rings is 5. The van der Waals surface area contributed by atoms with Crippen molar-refractivity contribution in [2.45, 2.75) is 154 Å². The molecule has 0 saturated carbocycles. The van der Waals surface area contributed by atoms with Gasteiger partial charge in [0, 0.05) is 0 Å². The van der Waals surface area contributed by atoms with Crippen LogP contribution in [-0.2, 0) is 26.9 Å². The Morgan fingerprint density at radius 1 is 0.456 bits per heavy atom. The van der Waals surface area contributed by atoms with Crippen molar-refractivity contribution in [1.82, 2.24) is 0 Å². The molecule has 0 saturated heterocycles. The van der Waals surface area contributed by atoms with Crippen molar-refractivity contribution in [2.24, 2.45) is 0 Å². The fourth-order valence-electron chi connectivity index (χ4n) is 9.09. The van der Waals surface area contributed by atoms with E-state index in [-0.39, 0.29) is 0 Å². The van der Waals surface area contributed by atoms with Crippen LogP contribution in [0.2, 0.25) is 0 Å². The van der Waals surface area contributed by atoms with Crippen molar-refractivity contribution in [2.75, 3.05) is 6.16 Å². The summed E-state index contributed by atoms with van der Waals surface area (Å²) in [5.74, 6) is 0. The third-order valence-corrected chi connectivity index (χ3v) is 20.7. The first-order chi connectivity index (χ1) is 27.9. The minimum Gasteiger partial charge on any atom is -0.0654 e. The van der Waals surface area contributed by atoms with Crippen LogP contribution < -0.4 is 15.9 Å². The van der Waals surface area contributed by atoms with Gasteiger partial charge in [-0.1, -0.05) is 46.0 Å². The molecule has 57 heavy (non-hydrogen) atoms. The topological polar surface area (TPSA) is 43.4 Å². The second-order valence-corrected chi connectivity index (χ2v) is 22.8. The third kappa shape index (κ3) is 11.1. The molecule has 0 atom stereocenters. The Hall–Kier alpha value is -3.30. The third-order valence-electron chi connectivity index (χ3n) is 12.3. The maximum atomic E-state index is 15.9. The van der Waals surface area contributed by atoms with E-state index in [4.69, 9.17) is 3.97 Å². The Bertz CT molecular complexity index is 1910. The minimum absolute atomic E-state index is 0.385. The molecule has 0 aliphatic heterocycles. The molecule has 0 aliphatic carbocycles. The molecule has 5 aromatic rings. The smallest absolute Gasteiger partial charge is 0.0654 e. The van der Waals surface area contributed by atoms with Gasteiger partial charge in [0.1, 0.15) is 0 Å². The summed E-state index contributed by atoms with van der Waals surface area (Å²) in [6, 6.07) is 41.0. The number of fused-ring (bicyclic) bond motifs is 1. The zero-order valence-electron chi connectivity index (χ0n) is 35.5. The van der Waals surface area contributed by atoms with Crippen molar-refractivity contribution in [3.05, 3.63) is 132 Å². The van der Waals surface area contributed by atoms with E-state index in [1.165, 1.54) is 102 Å². The van der Waals surface area contributed by atoms with E-state index in [1.807, 2.05) is 72.8 Å². The molecule has 0 N–H and O–H groups in total. The van der Waals surface area contributed by atoms with Crippen LogP contribution in [0.3, 0.4) is 0 Å². The van der Waals surface area contributed by atoms with E-state index in [1.54, 1.807) is 0 Å². The quantitative estimate of drug-likeness (QED) is 0.0392. The molecule has 0 aliphatic rings. The molecule has 0 radical (unpaired) electrons. The summed E-state index contributed by atoms with van der Waals surface area (Å²) >= 11 is 0. The maximum absolute atomic E-state index is 15.9. The molecule has 308 valence electrons. The van der Waals surface area contributed by atoms with E-state index >= 15 is 8.42 Å². The van der Waals surface area contributed by atoms with E-state index in [0.29, 0.717) is 11.1 Å². The number of aryl methyl sites for hydroxylation is 1. The van der Waals surface area contributed by atoms with Gasteiger partial charge in [-0.05, 0) is 0 Å². The Morgan fingerprint density at radius 2 is 0.842 bits per heavy atom. The SMILES string of the molecule is CCCCCCCCCCCc1cc2ccccc2c(S(=O)(=O)OP(CC)(c2ccccc2)(c2ccccc2)c2ccccc2)c1CCCCCCCCCCC. The van der Waals surface area contributed by atoms with Crippen molar-refractivity contribution in [3.63, 3.8) is 0 Å². The van der Waals surface area contributed by atoms with Gasteiger partial charge in [-0.25, -0.2) is 0 Å². The van der Waals surface area contributed by atoms with E-state index < -0.39 is 16.9 Å². The molecule has 0 fully saturated rings. The first-order valence-corrected chi connectivity index (χ1v) is 26.3. The molecule has 5 aromatic carbocycles. The number of rotatable bonds is 27. The zero-order valence-corrected chi connectivity index (χ0v) is 37.2. The molecule has 0 unspecified atom stereocenters. The van der Waals surface area contributed by atoms with Gasteiger partial charge < -0.3 is 0 Å². The Balaban J connectivity index is 1.59. The van der Waals surface area contributed by atoms with Gasteiger partial charge in [0.15, 0.2) is 0 Å². The summed E-state index contributed by atoms with van der Waals surface area (Å²) in [5, 5.41) is 4.49. The Kier molecular flexibility index (Phi) is 17.9. The molecule has 0 bridgehead atoms. The number of hydrogen-bond acceptors (Lipinski definition) is 3. The second-order valence-electron chi connectivity index (χ2n) is 16.3.